The van der Waals surface area contributed by atoms with Gasteiger partial charge in [-0.05, 0) is 48.9 Å². The first-order valence-electron chi connectivity index (χ1n) is 6.68. The normalized spacial score (nSPS) is 10.6. The molecule has 0 bridgehead atoms. The monoisotopic (exact) mass is 283 g/mol. The topological polar surface area (TPSA) is 47.9 Å². The lowest BCUT2D eigenvalue weighted by molar-refractivity contribution is 0.0526. The molecule has 4 heteroatoms. The average molecular weight is 283 g/mol. The van der Waals surface area contributed by atoms with Crippen LogP contribution in [0.1, 0.15) is 22.8 Å². The Kier molecular flexibility index (Phi) is 5.10. The van der Waals surface area contributed by atoms with Crippen LogP contribution in [0.5, 0.6) is 5.75 Å². The second kappa shape index (κ2) is 7.24. The van der Waals surface area contributed by atoms with E-state index in [1.54, 1.807) is 32.4 Å². The summed E-state index contributed by atoms with van der Waals surface area (Å²) >= 11 is 0. The van der Waals surface area contributed by atoms with Crippen molar-refractivity contribution in [3.8, 4) is 5.75 Å². The number of benzene rings is 2. The first kappa shape index (κ1) is 14.8. The van der Waals surface area contributed by atoms with Crippen molar-refractivity contribution in [2.45, 2.75) is 6.92 Å². The van der Waals surface area contributed by atoms with Crippen molar-refractivity contribution in [3.05, 3.63) is 59.7 Å². The van der Waals surface area contributed by atoms with Gasteiger partial charge in [0.1, 0.15) is 5.75 Å². The summed E-state index contributed by atoms with van der Waals surface area (Å²) in [6.45, 7) is 2.16. The molecular formula is C17H17NO3. The maximum absolute atomic E-state index is 11.5. The maximum atomic E-state index is 11.5. The van der Waals surface area contributed by atoms with Crippen LogP contribution in [0.4, 0.5) is 5.69 Å². The predicted molar refractivity (Wildman–Crippen MR) is 82.6 cm³/mol. The number of nitrogens with zero attached hydrogens (tertiary/aromatic N) is 1. The molecule has 4 nitrogen and oxygen atoms in total. The molecule has 0 N–H and O–H groups in total. The third kappa shape index (κ3) is 4.18. The molecule has 2 rings (SSSR count). The Bertz CT molecular complexity index is 615. The number of ether oxygens (including phenoxy) is 2. The lowest BCUT2D eigenvalue weighted by atomic mass is 10.1. The lowest BCUT2D eigenvalue weighted by Crippen LogP contribution is -2.04. The van der Waals surface area contributed by atoms with Gasteiger partial charge >= 0.3 is 5.97 Å². The third-order valence-corrected chi connectivity index (χ3v) is 2.86. The van der Waals surface area contributed by atoms with E-state index in [1.165, 1.54) is 0 Å². The zero-order valence-electron chi connectivity index (χ0n) is 12.1. The number of esters is 1. The van der Waals surface area contributed by atoms with E-state index in [9.17, 15) is 4.79 Å². The van der Waals surface area contributed by atoms with Gasteiger partial charge in [0, 0.05) is 6.21 Å². The summed E-state index contributed by atoms with van der Waals surface area (Å²) in [5.41, 5.74) is 2.29. The molecule has 0 aromatic heterocycles. The molecule has 108 valence electrons. The molecule has 21 heavy (non-hydrogen) atoms. The molecule has 0 saturated carbocycles. The average Bonchev–Trinajstić information content (AvgIpc) is 2.54. The number of hydrogen-bond donors (Lipinski definition) is 0. The number of carbonyl (C=O) groups excluding carboxylic acids is 1. The number of carbonyl (C=O) groups is 1. The molecule has 0 atom stereocenters. The Morgan fingerprint density at radius 3 is 2.33 bits per heavy atom. The van der Waals surface area contributed by atoms with Gasteiger partial charge in [-0.15, -0.1) is 0 Å². The zero-order chi connectivity index (χ0) is 15.1. The van der Waals surface area contributed by atoms with Gasteiger partial charge in [-0.1, -0.05) is 12.1 Å². The molecule has 0 fully saturated rings. The van der Waals surface area contributed by atoms with E-state index in [2.05, 4.69) is 4.99 Å². The fraction of sp³-hybridized carbons (Fsp3) is 0.176. The summed E-state index contributed by atoms with van der Waals surface area (Å²) in [4.78, 5) is 15.9. The SMILES string of the molecule is CCOC(=O)c1ccc(C=Nc2ccc(OC)cc2)cc1. The fourth-order valence-corrected chi connectivity index (χ4v) is 1.74. The van der Waals surface area contributed by atoms with Crippen molar-refractivity contribution >= 4 is 17.9 Å². The number of aliphatic imine (C=N–C) groups is 1. The Morgan fingerprint density at radius 1 is 1.10 bits per heavy atom. The molecule has 0 spiro atoms. The molecule has 0 aliphatic heterocycles. The second-order valence-corrected chi connectivity index (χ2v) is 4.30. The van der Waals surface area contributed by atoms with E-state index in [1.807, 2.05) is 36.4 Å². The Morgan fingerprint density at radius 2 is 1.76 bits per heavy atom. The van der Waals surface area contributed by atoms with Crippen LogP contribution in [0.2, 0.25) is 0 Å². The molecule has 0 amide bonds. The predicted octanol–water partition coefficient (Wildman–Crippen LogP) is 3.62. The highest BCUT2D eigenvalue weighted by Crippen LogP contribution is 2.17. The van der Waals surface area contributed by atoms with Gasteiger partial charge in [0.25, 0.3) is 0 Å². The van der Waals surface area contributed by atoms with E-state index in [-0.39, 0.29) is 5.97 Å². The van der Waals surface area contributed by atoms with E-state index >= 15 is 0 Å². The van der Waals surface area contributed by atoms with Crippen LogP contribution >= 0.6 is 0 Å². The smallest absolute Gasteiger partial charge is 0.338 e. The zero-order valence-corrected chi connectivity index (χ0v) is 12.1. The van der Waals surface area contributed by atoms with E-state index in [0.29, 0.717) is 12.2 Å². The lowest BCUT2D eigenvalue weighted by Gasteiger charge is -2.01. The van der Waals surface area contributed by atoms with Gasteiger partial charge < -0.3 is 9.47 Å². The van der Waals surface area contributed by atoms with Crippen LogP contribution < -0.4 is 4.74 Å². The van der Waals surface area contributed by atoms with Gasteiger partial charge in [-0.3, -0.25) is 4.99 Å². The molecule has 0 aliphatic rings. The summed E-state index contributed by atoms with van der Waals surface area (Å²) in [5, 5.41) is 0. The molecule has 2 aromatic rings. The Labute approximate surface area is 124 Å². The van der Waals surface area contributed by atoms with Crippen molar-refractivity contribution in [3.63, 3.8) is 0 Å². The Balaban J connectivity index is 2.05. The van der Waals surface area contributed by atoms with Crippen LogP contribution in [0.15, 0.2) is 53.5 Å². The van der Waals surface area contributed by atoms with Gasteiger partial charge in [0.2, 0.25) is 0 Å². The molecule has 0 aliphatic carbocycles. The van der Waals surface area contributed by atoms with E-state index < -0.39 is 0 Å². The summed E-state index contributed by atoms with van der Waals surface area (Å²) in [7, 11) is 1.63. The van der Waals surface area contributed by atoms with Crippen LogP contribution in [-0.2, 0) is 4.74 Å². The minimum atomic E-state index is -0.309. The van der Waals surface area contributed by atoms with Crippen LogP contribution in [-0.4, -0.2) is 25.9 Å². The standard InChI is InChI=1S/C17H17NO3/c1-3-21-17(19)14-6-4-13(5-7-14)12-18-15-8-10-16(20-2)11-9-15/h4-12H,3H2,1-2H3. The van der Waals surface area contributed by atoms with Crippen LogP contribution in [0.25, 0.3) is 0 Å². The van der Waals surface area contributed by atoms with Gasteiger partial charge in [-0.25, -0.2) is 4.79 Å². The molecule has 0 heterocycles. The summed E-state index contributed by atoms with van der Waals surface area (Å²) in [6.07, 6.45) is 1.75. The molecule has 0 unspecified atom stereocenters. The van der Waals surface area contributed by atoms with Crippen molar-refractivity contribution in [2.24, 2.45) is 4.99 Å². The minimum Gasteiger partial charge on any atom is -0.497 e. The molecule has 0 saturated heterocycles. The number of hydrogen-bond acceptors (Lipinski definition) is 4. The maximum Gasteiger partial charge on any atom is 0.338 e. The van der Waals surface area contributed by atoms with E-state index in [4.69, 9.17) is 9.47 Å². The fourth-order valence-electron chi connectivity index (χ4n) is 1.74. The minimum absolute atomic E-state index is 0.309. The highest BCUT2D eigenvalue weighted by atomic mass is 16.5. The highest BCUT2D eigenvalue weighted by Gasteiger charge is 2.04. The van der Waals surface area contributed by atoms with Gasteiger partial charge in [0.15, 0.2) is 0 Å². The second-order valence-electron chi connectivity index (χ2n) is 4.30. The van der Waals surface area contributed by atoms with Gasteiger partial charge in [-0.2, -0.15) is 0 Å². The summed E-state index contributed by atoms with van der Waals surface area (Å²) < 4.78 is 10.0. The Hall–Kier alpha value is -2.62. The summed E-state index contributed by atoms with van der Waals surface area (Å²) in [5.74, 6) is 0.490. The molecule has 2 aromatic carbocycles. The first-order valence-corrected chi connectivity index (χ1v) is 6.68. The molecule has 0 radical (unpaired) electrons. The quantitative estimate of drug-likeness (QED) is 0.622. The van der Waals surface area contributed by atoms with Crippen LogP contribution in [0, 0.1) is 0 Å². The largest absolute Gasteiger partial charge is 0.497 e. The van der Waals surface area contributed by atoms with Gasteiger partial charge in [0.05, 0.1) is 25.0 Å². The van der Waals surface area contributed by atoms with Crippen molar-refractivity contribution in [1.29, 1.82) is 0 Å². The highest BCUT2D eigenvalue weighted by molar-refractivity contribution is 5.91. The number of rotatable bonds is 5. The van der Waals surface area contributed by atoms with Crippen molar-refractivity contribution in [2.75, 3.05) is 13.7 Å². The van der Waals surface area contributed by atoms with Crippen LogP contribution in [0.3, 0.4) is 0 Å². The number of methoxy groups -OCH3 is 1. The van der Waals surface area contributed by atoms with Crippen molar-refractivity contribution in [1.82, 2.24) is 0 Å². The third-order valence-electron chi connectivity index (χ3n) is 2.86. The summed E-state index contributed by atoms with van der Waals surface area (Å²) in [6, 6.07) is 14.6. The first-order chi connectivity index (χ1) is 10.2. The molecular weight excluding hydrogens is 266 g/mol. The van der Waals surface area contributed by atoms with Crippen molar-refractivity contribution < 1.29 is 14.3 Å². The van der Waals surface area contributed by atoms with E-state index in [0.717, 1.165) is 17.0 Å².